The number of esters is 1. The summed E-state index contributed by atoms with van der Waals surface area (Å²) in [6.45, 7) is 2.26. The predicted octanol–water partition coefficient (Wildman–Crippen LogP) is 2.07. The highest BCUT2D eigenvalue weighted by Crippen LogP contribution is 2.41. The molecule has 7 nitrogen and oxygen atoms in total. The van der Waals surface area contributed by atoms with Crippen molar-refractivity contribution in [3.05, 3.63) is 29.8 Å². The van der Waals surface area contributed by atoms with E-state index in [1.807, 2.05) is 31.2 Å². The van der Waals surface area contributed by atoms with Gasteiger partial charge in [0.15, 0.2) is 6.61 Å². The number of nitrogens with one attached hydrogen (secondary N) is 1. The number of terminal acetylenes is 1. The lowest BCUT2D eigenvalue weighted by Crippen LogP contribution is -2.46. The van der Waals surface area contributed by atoms with Crippen LogP contribution in [0.4, 0.5) is 0 Å². The summed E-state index contributed by atoms with van der Waals surface area (Å²) in [6, 6.07) is 6.86. The molecule has 0 unspecified atom stereocenters. The molecule has 29 heavy (non-hydrogen) atoms. The first-order chi connectivity index (χ1) is 14.0. The van der Waals surface area contributed by atoms with Crippen LogP contribution >= 0.6 is 0 Å². The van der Waals surface area contributed by atoms with Gasteiger partial charge in [0, 0.05) is 18.5 Å². The van der Waals surface area contributed by atoms with E-state index in [4.69, 9.17) is 15.9 Å². The van der Waals surface area contributed by atoms with Crippen molar-refractivity contribution in [3.63, 3.8) is 0 Å². The Bertz CT molecular complexity index is 771. The van der Waals surface area contributed by atoms with Gasteiger partial charge >= 0.3 is 5.97 Å². The van der Waals surface area contributed by atoms with Gasteiger partial charge in [0.05, 0.1) is 25.6 Å². The van der Waals surface area contributed by atoms with Crippen LogP contribution in [0.5, 0.6) is 5.75 Å². The molecule has 0 bridgehead atoms. The summed E-state index contributed by atoms with van der Waals surface area (Å²) in [5, 5.41) is 2.46. The SMILES string of the molecule is C#CCNC(=O)COC(=O)[C@H]1CCC(=O)N(CCCC)[C@@H]1c1ccccc1OC. The van der Waals surface area contributed by atoms with Gasteiger partial charge < -0.3 is 19.7 Å². The molecule has 0 aromatic heterocycles. The number of nitrogens with zero attached hydrogens (tertiary/aromatic N) is 1. The van der Waals surface area contributed by atoms with Crippen molar-refractivity contribution in [1.29, 1.82) is 0 Å². The Kier molecular flexibility index (Phi) is 8.53. The molecule has 1 heterocycles. The van der Waals surface area contributed by atoms with Gasteiger partial charge in [-0.2, -0.15) is 0 Å². The van der Waals surface area contributed by atoms with Gasteiger partial charge in [-0.3, -0.25) is 14.4 Å². The van der Waals surface area contributed by atoms with Crippen LogP contribution in [0.25, 0.3) is 0 Å². The Morgan fingerprint density at radius 1 is 1.34 bits per heavy atom. The number of methoxy groups -OCH3 is 1. The summed E-state index contributed by atoms with van der Waals surface area (Å²) in [7, 11) is 1.56. The molecule has 2 atom stereocenters. The summed E-state index contributed by atoms with van der Waals surface area (Å²) in [5.41, 5.74) is 0.762. The lowest BCUT2D eigenvalue weighted by atomic mass is 9.83. The fraction of sp³-hybridized carbons (Fsp3) is 0.500. The van der Waals surface area contributed by atoms with Crippen LogP contribution in [-0.4, -0.2) is 49.5 Å². The number of hydrogen-bond acceptors (Lipinski definition) is 5. The molecule has 0 radical (unpaired) electrons. The molecule has 1 aliphatic rings. The third kappa shape index (κ3) is 5.74. The molecule has 0 spiro atoms. The van der Waals surface area contributed by atoms with Crippen LogP contribution in [0.1, 0.15) is 44.2 Å². The van der Waals surface area contributed by atoms with Gasteiger partial charge in [-0.1, -0.05) is 37.5 Å². The van der Waals surface area contributed by atoms with Crippen LogP contribution in [0.15, 0.2) is 24.3 Å². The van der Waals surface area contributed by atoms with Gasteiger partial charge in [0.25, 0.3) is 5.91 Å². The summed E-state index contributed by atoms with van der Waals surface area (Å²) < 4.78 is 10.7. The number of amides is 2. The molecule has 1 aliphatic heterocycles. The minimum Gasteiger partial charge on any atom is -0.496 e. The Morgan fingerprint density at radius 3 is 2.79 bits per heavy atom. The van der Waals surface area contributed by atoms with E-state index < -0.39 is 30.4 Å². The van der Waals surface area contributed by atoms with Crippen molar-refractivity contribution >= 4 is 17.8 Å². The van der Waals surface area contributed by atoms with Crippen LogP contribution in [0.3, 0.4) is 0 Å². The summed E-state index contributed by atoms with van der Waals surface area (Å²) in [6.07, 6.45) is 7.48. The highest BCUT2D eigenvalue weighted by atomic mass is 16.5. The van der Waals surface area contributed by atoms with Crippen LogP contribution < -0.4 is 10.1 Å². The maximum atomic E-state index is 12.9. The number of carbonyl (C=O) groups excluding carboxylic acids is 3. The Labute approximate surface area is 171 Å². The fourth-order valence-electron chi connectivity index (χ4n) is 3.53. The maximum Gasteiger partial charge on any atom is 0.311 e. The van der Waals surface area contributed by atoms with Crippen molar-refractivity contribution in [2.75, 3.05) is 26.8 Å². The fourth-order valence-corrected chi connectivity index (χ4v) is 3.53. The molecular formula is C22H28N2O5. The number of benzene rings is 1. The highest BCUT2D eigenvalue weighted by Gasteiger charge is 2.42. The average molecular weight is 400 g/mol. The topological polar surface area (TPSA) is 84.9 Å². The number of likely N-dealkylation sites (tertiary alicyclic amines) is 1. The second-order valence-corrected chi connectivity index (χ2v) is 6.86. The molecule has 1 N–H and O–H groups in total. The van der Waals surface area contributed by atoms with E-state index in [1.165, 1.54) is 0 Å². The third-order valence-corrected chi connectivity index (χ3v) is 4.95. The van der Waals surface area contributed by atoms with Gasteiger partial charge in [-0.05, 0) is 18.9 Å². The first-order valence-electron chi connectivity index (χ1n) is 9.82. The Hall–Kier alpha value is -3.01. The standard InChI is InChI=1S/C22H28N2O5/c1-4-6-14-24-20(26)12-11-17(22(27)29-15-19(25)23-13-5-2)21(24)16-9-7-8-10-18(16)28-3/h2,7-10,17,21H,4,6,11-15H2,1,3H3,(H,23,25)/t17-,21+/m0/s1. The first kappa shape index (κ1) is 22.3. The molecule has 156 valence electrons. The average Bonchev–Trinajstić information content (AvgIpc) is 2.74. The van der Waals surface area contributed by atoms with Crippen LogP contribution in [0.2, 0.25) is 0 Å². The number of hydrogen-bond donors (Lipinski definition) is 1. The zero-order valence-corrected chi connectivity index (χ0v) is 17.0. The highest BCUT2D eigenvalue weighted by molar-refractivity contribution is 5.84. The van der Waals surface area contributed by atoms with Crippen molar-refractivity contribution in [2.24, 2.45) is 5.92 Å². The molecule has 1 aromatic rings. The lowest BCUT2D eigenvalue weighted by molar-refractivity contribution is -0.159. The van der Waals surface area contributed by atoms with Crippen molar-refractivity contribution < 1.29 is 23.9 Å². The van der Waals surface area contributed by atoms with Crippen LogP contribution in [0, 0.1) is 18.3 Å². The monoisotopic (exact) mass is 400 g/mol. The van der Waals surface area contributed by atoms with E-state index in [0.717, 1.165) is 18.4 Å². The second-order valence-electron chi connectivity index (χ2n) is 6.86. The van der Waals surface area contributed by atoms with E-state index >= 15 is 0 Å². The molecular weight excluding hydrogens is 372 g/mol. The number of rotatable bonds is 9. The van der Waals surface area contributed by atoms with E-state index in [9.17, 15) is 14.4 Å². The second kappa shape index (κ2) is 11.1. The number of carbonyl (C=O) groups is 3. The normalized spacial score (nSPS) is 18.7. The largest absolute Gasteiger partial charge is 0.496 e. The van der Waals surface area contributed by atoms with Crippen LogP contribution in [-0.2, 0) is 19.1 Å². The number of unbranched alkanes of at least 4 members (excludes halogenated alkanes) is 1. The number of para-hydroxylation sites is 1. The molecule has 2 rings (SSSR count). The van der Waals surface area contributed by atoms with Gasteiger partial charge in [0.1, 0.15) is 5.75 Å². The lowest BCUT2D eigenvalue weighted by Gasteiger charge is -2.40. The van der Waals surface area contributed by atoms with E-state index in [2.05, 4.69) is 11.2 Å². The molecule has 2 amide bonds. The van der Waals surface area contributed by atoms with E-state index in [-0.39, 0.29) is 18.9 Å². The minimum atomic E-state index is -0.582. The summed E-state index contributed by atoms with van der Waals surface area (Å²) in [4.78, 5) is 39.0. The zero-order valence-electron chi connectivity index (χ0n) is 17.0. The summed E-state index contributed by atoms with van der Waals surface area (Å²) in [5.74, 6) is 1.36. The molecule has 1 aromatic carbocycles. The maximum absolute atomic E-state index is 12.9. The Morgan fingerprint density at radius 2 is 2.10 bits per heavy atom. The van der Waals surface area contributed by atoms with E-state index in [1.54, 1.807) is 12.0 Å². The minimum absolute atomic E-state index is 0.00479. The molecule has 1 saturated heterocycles. The van der Waals surface area contributed by atoms with E-state index in [0.29, 0.717) is 18.7 Å². The molecule has 0 aliphatic carbocycles. The van der Waals surface area contributed by atoms with Crippen molar-refractivity contribution in [2.45, 2.75) is 38.6 Å². The zero-order chi connectivity index (χ0) is 21.2. The number of ether oxygens (including phenoxy) is 2. The van der Waals surface area contributed by atoms with Crippen molar-refractivity contribution in [1.82, 2.24) is 10.2 Å². The molecule has 1 fully saturated rings. The molecule has 0 saturated carbocycles. The predicted molar refractivity (Wildman–Crippen MR) is 108 cm³/mol. The molecule has 7 heteroatoms. The third-order valence-electron chi connectivity index (χ3n) is 4.95. The van der Waals surface area contributed by atoms with Gasteiger partial charge in [0.2, 0.25) is 5.91 Å². The quantitative estimate of drug-likeness (QED) is 0.507. The van der Waals surface area contributed by atoms with Gasteiger partial charge in [-0.15, -0.1) is 6.42 Å². The summed E-state index contributed by atoms with van der Waals surface area (Å²) >= 11 is 0. The Balaban J connectivity index is 2.28. The van der Waals surface area contributed by atoms with Crippen molar-refractivity contribution in [3.8, 4) is 18.1 Å². The number of piperidine rings is 1. The van der Waals surface area contributed by atoms with Gasteiger partial charge in [-0.25, -0.2) is 0 Å². The first-order valence-corrected chi connectivity index (χ1v) is 9.82. The smallest absolute Gasteiger partial charge is 0.311 e.